The highest BCUT2D eigenvalue weighted by Crippen LogP contribution is 2.14. The molecule has 0 aliphatic rings. The predicted octanol–water partition coefficient (Wildman–Crippen LogP) is 4.38. The van der Waals surface area contributed by atoms with Crippen molar-refractivity contribution in [1.82, 2.24) is 0 Å². The van der Waals surface area contributed by atoms with Crippen LogP contribution in [0.15, 0.2) is 0 Å². The molecule has 0 bridgehead atoms. The molecule has 0 spiro atoms. The number of unbranched alkanes of at least 4 members (excludes halogenated alkanes) is 6. The molecule has 0 aromatic heterocycles. The highest BCUT2D eigenvalue weighted by atomic mass is 32.1. The molecule has 0 aliphatic carbocycles. The van der Waals surface area contributed by atoms with Crippen molar-refractivity contribution < 1.29 is 9.53 Å². The van der Waals surface area contributed by atoms with Crippen molar-refractivity contribution in [1.29, 1.82) is 0 Å². The molecule has 0 saturated carbocycles. The average Bonchev–Trinajstić information content (AvgIpc) is 2.34. The largest absolute Gasteiger partial charge is 0.465 e. The standard InChI is InChI=1S/C14H28O2S/c1-2-3-4-5-7-10-14(16-13-15)11-8-6-9-12-17/h13-14,17H,2-12H2,1H3. The van der Waals surface area contributed by atoms with Gasteiger partial charge in [0, 0.05) is 0 Å². The first-order valence-corrected chi connectivity index (χ1v) is 7.68. The topological polar surface area (TPSA) is 26.3 Å². The Bertz CT molecular complexity index is 162. The fourth-order valence-corrected chi connectivity index (χ4v) is 2.22. The predicted molar refractivity (Wildman–Crippen MR) is 76.6 cm³/mol. The number of carbonyl (C=O) groups excluding carboxylic acids is 1. The van der Waals surface area contributed by atoms with E-state index >= 15 is 0 Å². The fourth-order valence-electron chi connectivity index (χ4n) is 2.00. The van der Waals surface area contributed by atoms with Crippen LogP contribution in [0.25, 0.3) is 0 Å². The van der Waals surface area contributed by atoms with Crippen LogP contribution < -0.4 is 0 Å². The molecule has 1 atom stereocenters. The lowest BCUT2D eigenvalue weighted by Gasteiger charge is -2.14. The van der Waals surface area contributed by atoms with E-state index in [4.69, 9.17) is 4.74 Å². The normalized spacial score (nSPS) is 12.4. The number of thiol groups is 1. The molecular weight excluding hydrogens is 232 g/mol. The van der Waals surface area contributed by atoms with Gasteiger partial charge in [-0.25, -0.2) is 0 Å². The first-order chi connectivity index (χ1) is 8.35. The van der Waals surface area contributed by atoms with Crippen LogP contribution in [0.3, 0.4) is 0 Å². The molecule has 0 aromatic rings. The molecule has 0 radical (unpaired) electrons. The second-order valence-electron chi connectivity index (χ2n) is 4.63. The van der Waals surface area contributed by atoms with Gasteiger partial charge in [0.2, 0.25) is 0 Å². The van der Waals surface area contributed by atoms with Gasteiger partial charge in [-0.15, -0.1) is 0 Å². The van der Waals surface area contributed by atoms with Gasteiger partial charge in [0.1, 0.15) is 6.10 Å². The van der Waals surface area contributed by atoms with Crippen LogP contribution in [0.1, 0.15) is 71.1 Å². The van der Waals surface area contributed by atoms with Crippen molar-refractivity contribution in [3.8, 4) is 0 Å². The van der Waals surface area contributed by atoms with Crippen LogP contribution >= 0.6 is 12.6 Å². The Labute approximate surface area is 112 Å². The maximum absolute atomic E-state index is 10.4. The maximum atomic E-state index is 10.4. The summed E-state index contributed by atoms with van der Waals surface area (Å²) in [5.41, 5.74) is 0. The van der Waals surface area contributed by atoms with E-state index < -0.39 is 0 Å². The molecule has 2 nitrogen and oxygen atoms in total. The molecule has 0 heterocycles. The van der Waals surface area contributed by atoms with Gasteiger partial charge in [-0.1, -0.05) is 39.0 Å². The summed E-state index contributed by atoms with van der Waals surface area (Å²) in [6, 6.07) is 0. The van der Waals surface area contributed by atoms with Crippen molar-refractivity contribution in [2.75, 3.05) is 5.75 Å². The number of ether oxygens (including phenoxy) is 1. The second kappa shape index (κ2) is 13.9. The first-order valence-electron chi connectivity index (χ1n) is 7.05. The Balaban J connectivity index is 3.48. The molecule has 0 aromatic carbocycles. The van der Waals surface area contributed by atoms with E-state index in [1.165, 1.54) is 38.5 Å². The quantitative estimate of drug-likeness (QED) is 0.302. The minimum atomic E-state index is 0.147. The molecule has 0 amide bonds. The first kappa shape index (κ1) is 16.8. The minimum absolute atomic E-state index is 0.147. The summed E-state index contributed by atoms with van der Waals surface area (Å²) in [7, 11) is 0. The summed E-state index contributed by atoms with van der Waals surface area (Å²) >= 11 is 4.19. The van der Waals surface area contributed by atoms with Crippen LogP contribution in [0.2, 0.25) is 0 Å². The Kier molecular flexibility index (Phi) is 13.7. The van der Waals surface area contributed by atoms with Crippen molar-refractivity contribution in [3.05, 3.63) is 0 Å². The number of carbonyl (C=O) groups is 1. The molecule has 102 valence electrons. The Morgan fingerprint density at radius 1 is 1.00 bits per heavy atom. The summed E-state index contributed by atoms with van der Waals surface area (Å²) in [6.07, 6.45) is 12.1. The Morgan fingerprint density at radius 2 is 1.59 bits per heavy atom. The van der Waals surface area contributed by atoms with E-state index in [0.29, 0.717) is 6.47 Å². The highest BCUT2D eigenvalue weighted by molar-refractivity contribution is 7.80. The van der Waals surface area contributed by atoms with Crippen LogP contribution in [0.5, 0.6) is 0 Å². The zero-order valence-corrected chi connectivity index (χ0v) is 12.1. The van der Waals surface area contributed by atoms with E-state index in [1.807, 2.05) is 0 Å². The zero-order valence-electron chi connectivity index (χ0n) is 11.2. The van der Waals surface area contributed by atoms with Gasteiger partial charge in [-0.05, 0) is 37.9 Å². The molecule has 17 heavy (non-hydrogen) atoms. The third-order valence-corrected chi connectivity index (χ3v) is 3.38. The van der Waals surface area contributed by atoms with Gasteiger partial charge in [-0.3, -0.25) is 4.79 Å². The van der Waals surface area contributed by atoms with Crippen LogP contribution in [0.4, 0.5) is 0 Å². The second-order valence-corrected chi connectivity index (χ2v) is 5.08. The van der Waals surface area contributed by atoms with Crippen LogP contribution in [0, 0.1) is 0 Å². The molecule has 0 saturated heterocycles. The lowest BCUT2D eigenvalue weighted by Crippen LogP contribution is -2.12. The number of hydrogen-bond acceptors (Lipinski definition) is 3. The van der Waals surface area contributed by atoms with Gasteiger partial charge in [0.25, 0.3) is 6.47 Å². The molecular formula is C14H28O2S. The average molecular weight is 260 g/mol. The van der Waals surface area contributed by atoms with Gasteiger partial charge in [-0.2, -0.15) is 12.6 Å². The van der Waals surface area contributed by atoms with E-state index in [2.05, 4.69) is 19.6 Å². The molecule has 1 unspecified atom stereocenters. The van der Waals surface area contributed by atoms with Crippen LogP contribution in [-0.4, -0.2) is 18.3 Å². The molecule has 0 N–H and O–H groups in total. The summed E-state index contributed by atoms with van der Waals surface area (Å²) < 4.78 is 5.13. The van der Waals surface area contributed by atoms with Gasteiger partial charge in [0.15, 0.2) is 0 Å². The number of hydrogen-bond donors (Lipinski definition) is 1. The third kappa shape index (κ3) is 12.1. The lowest BCUT2D eigenvalue weighted by molar-refractivity contribution is -0.134. The monoisotopic (exact) mass is 260 g/mol. The SMILES string of the molecule is CCCCCCCC(CCCCCS)OC=O. The van der Waals surface area contributed by atoms with Gasteiger partial charge in [0.05, 0.1) is 0 Å². The van der Waals surface area contributed by atoms with Crippen molar-refractivity contribution in [2.24, 2.45) is 0 Å². The summed E-state index contributed by atoms with van der Waals surface area (Å²) in [5.74, 6) is 0.955. The van der Waals surface area contributed by atoms with E-state index in [-0.39, 0.29) is 6.10 Å². The van der Waals surface area contributed by atoms with Crippen LogP contribution in [-0.2, 0) is 9.53 Å². The minimum Gasteiger partial charge on any atom is -0.465 e. The molecule has 0 fully saturated rings. The number of rotatable bonds is 13. The van der Waals surface area contributed by atoms with Crippen molar-refractivity contribution >= 4 is 19.1 Å². The maximum Gasteiger partial charge on any atom is 0.293 e. The highest BCUT2D eigenvalue weighted by Gasteiger charge is 2.08. The molecule has 0 rings (SSSR count). The summed E-state index contributed by atoms with van der Waals surface area (Å²) in [5, 5.41) is 0. The zero-order chi connectivity index (χ0) is 12.8. The van der Waals surface area contributed by atoms with E-state index in [1.54, 1.807) is 0 Å². The van der Waals surface area contributed by atoms with Gasteiger partial charge < -0.3 is 4.74 Å². The Hall–Kier alpha value is -0.180. The van der Waals surface area contributed by atoms with Crippen molar-refractivity contribution in [3.63, 3.8) is 0 Å². The van der Waals surface area contributed by atoms with E-state index in [9.17, 15) is 4.79 Å². The summed E-state index contributed by atoms with van der Waals surface area (Å²) in [4.78, 5) is 10.4. The fraction of sp³-hybridized carbons (Fsp3) is 0.929. The van der Waals surface area contributed by atoms with Crippen molar-refractivity contribution in [2.45, 2.75) is 77.2 Å². The van der Waals surface area contributed by atoms with E-state index in [0.717, 1.165) is 31.4 Å². The molecule has 0 aliphatic heterocycles. The van der Waals surface area contributed by atoms with Gasteiger partial charge >= 0.3 is 0 Å². The smallest absolute Gasteiger partial charge is 0.293 e. The third-order valence-electron chi connectivity index (χ3n) is 3.06. The lowest BCUT2D eigenvalue weighted by atomic mass is 10.0. The Morgan fingerprint density at radius 3 is 2.12 bits per heavy atom. The summed E-state index contributed by atoms with van der Waals surface area (Å²) in [6.45, 7) is 2.83. The molecule has 3 heteroatoms.